The summed E-state index contributed by atoms with van der Waals surface area (Å²) in [6, 6.07) is 6.36. The van der Waals surface area contributed by atoms with Gasteiger partial charge < -0.3 is 9.30 Å². The SMILES string of the molecule is COc1cc(C)c(-n2c(C)ccc2C)s1. The van der Waals surface area contributed by atoms with Crippen molar-refractivity contribution in [1.29, 1.82) is 0 Å². The zero-order chi connectivity index (χ0) is 11.0. The number of nitrogens with zero attached hydrogens (tertiary/aromatic N) is 1. The molecule has 0 aliphatic carbocycles. The summed E-state index contributed by atoms with van der Waals surface area (Å²) < 4.78 is 7.53. The molecule has 0 bridgehead atoms. The van der Waals surface area contributed by atoms with Gasteiger partial charge in [-0.05, 0) is 44.5 Å². The molecule has 2 rings (SSSR count). The first kappa shape index (κ1) is 10.3. The maximum atomic E-state index is 5.26. The predicted molar refractivity (Wildman–Crippen MR) is 64.4 cm³/mol. The lowest BCUT2D eigenvalue weighted by Gasteiger charge is -2.07. The smallest absolute Gasteiger partial charge is 0.175 e. The number of hydrogen-bond acceptors (Lipinski definition) is 2. The molecule has 0 amide bonds. The molecule has 0 atom stereocenters. The molecule has 15 heavy (non-hydrogen) atoms. The summed E-state index contributed by atoms with van der Waals surface area (Å²) in [5.74, 6) is 0. The molecule has 2 nitrogen and oxygen atoms in total. The van der Waals surface area contributed by atoms with Gasteiger partial charge in [-0.1, -0.05) is 11.3 Å². The highest BCUT2D eigenvalue weighted by molar-refractivity contribution is 7.16. The first-order valence-electron chi connectivity index (χ1n) is 4.93. The largest absolute Gasteiger partial charge is 0.487 e. The third kappa shape index (κ3) is 1.67. The molecule has 2 aromatic rings. The summed E-state index contributed by atoms with van der Waals surface area (Å²) in [6.45, 7) is 6.37. The summed E-state index contributed by atoms with van der Waals surface area (Å²) in [4.78, 5) is 0. The van der Waals surface area contributed by atoms with Gasteiger partial charge in [0, 0.05) is 11.4 Å². The molecule has 0 saturated heterocycles. The Bertz CT molecular complexity index is 462. The van der Waals surface area contributed by atoms with Crippen LogP contribution in [0.4, 0.5) is 0 Å². The van der Waals surface area contributed by atoms with Crippen LogP contribution in [-0.4, -0.2) is 11.7 Å². The maximum absolute atomic E-state index is 5.26. The molecule has 3 heteroatoms. The monoisotopic (exact) mass is 221 g/mol. The zero-order valence-corrected chi connectivity index (χ0v) is 10.3. The minimum atomic E-state index is 0.968. The third-order valence-corrected chi connectivity index (χ3v) is 3.73. The summed E-state index contributed by atoms with van der Waals surface area (Å²) in [5, 5.41) is 2.22. The van der Waals surface area contributed by atoms with E-state index in [0.717, 1.165) is 5.06 Å². The van der Waals surface area contributed by atoms with E-state index in [1.807, 2.05) is 0 Å². The molecule has 0 spiro atoms. The topological polar surface area (TPSA) is 14.2 Å². The third-order valence-electron chi connectivity index (χ3n) is 2.54. The highest BCUT2D eigenvalue weighted by Crippen LogP contribution is 2.33. The van der Waals surface area contributed by atoms with Gasteiger partial charge in [0.05, 0.1) is 7.11 Å². The second-order valence-corrected chi connectivity index (χ2v) is 4.70. The van der Waals surface area contributed by atoms with Crippen LogP contribution in [0.2, 0.25) is 0 Å². The van der Waals surface area contributed by atoms with Crippen LogP contribution < -0.4 is 4.74 Å². The molecule has 2 aromatic heterocycles. The summed E-state index contributed by atoms with van der Waals surface area (Å²) in [7, 11) is 1.71. The molecule has 0 saturated carbocycles. The van der Waals surface area contributed by atoms with E-state index in [0.29, 0.717) is 0 Å². The number of ether oxygens (including phenoxy) is 1. The van der Waals surface area contributed by atoms with Crippen LogP contribution in [0.5, 0.6) is 5.06 Å². The van der Waals surface area contributed by atoms with Crippen molar-refractivity contribution >= 4 is 11.3 Å². The van der Waals surface area contributed by atoms with E-state index in [2.05, 4.69) is 43.5 Å². The Kier molecular flexibility index (Phi) is 2.57. The van der Waals surface area contributed by atoms with Gasteiger partial charge in [0.2, 0.25) is 0 Å². The Morgan fingerprint density at radius 3 is 2.20 bits per heavy atom. The van der Waals surface area contributed by atoms with E-state index >= 15 is 0 Å². The average Bonchev–Trinajstić information content (AvgIpc) is 2.71. The molecular weight excluding hydrogens is 206 g/mol. The Hall–Kier alpha value is -1.22. The van der Waals surface area contributed by atoms with Crippen LogP contribution in [0.3, 0.4) is 0 Å². The van der Waals surface area contributed by atoms with Crippen LogP contribution >= 0.6 is 11.3 Å². The normalized spacial score (nSPS) is 10.7. The summed E-state index contributed by atoms with van der Waals surface area (Å²) in [6.07, 6.45) is 0. The molecule has 0 unspecified atom stereocenters. The minimum absolute atomic E-state index is 0.968. The van der Waals surface area contributed by atoms with Gasteiger partial charge in [0.15, 0.2) is 5.06 Å². The molecule has 0 radical (unpaired) electrons. The fraction of sp³-hybridized carbons (Fsp3) is 0.333. The van der Waals surface area contributed by atoms with Gasteiger partial charge >= 0.3 is 0 Å². The van der Waals surface area contributed by atoms with Crippen molar-refractivity contribution in [3.8, 4) is 10.1 Å². The van der Waals surface area contributed by atoms with Crippen molar-refractivity contribution in [2.75, 3.05) is 7.11 Å². The van der Waals surface area contributed by atoms with E-state index in [1.54, 1.807) is 18.4 Å². The van der Waals surface area contributed by atoms with Crippen LogP contribution in [0.25, 0.3) is 5.00 Å². The lowest BCUT2D eigenvalue weighted by molar-refractivity contribution is 0.427. The lowest BCUT2D eigenvalue weighted by atomic mass is 10.3. The van der Waals surface area contributed by atoms with E-state index < -0.39 is 0 Å². The fourth-order valence-electron chi connectivity index (χ4n) is 1.76. The number of methoxy groups -OCH3 is 1. The molecule has 0 aliphatic heterocycles. The van der Waals surface area contributed by atoms with Crippen molar-refractivity contribution in [3.63, 3.8) is 0 Å². The summed E-state index contributed by atoms with van der Waals surface area (Å²) in [5.41, 5.74) is 3.79. The highest BCUT2D eigenvalue weighted by Gasteiger charge is 2.11. The first-order chi connectivity index (χ1) is 7.13. The Morgan fingerprint density at radius 2 is 1.73 bits per heavy atom. The van der Waals surface area contributed by atoms with Crippen molar-refractivity contribution in [1.82, 2.24) is 4.57 Å². The molecule has 2 heterocycles. The van der Waals surface area contributed by atoms with Gasteiger partial charge in [0.25, 0.3) is 0 Å². The van der Waals surface area contributed by atoms with E-state index in [1.165, 1.54) is 22.0 Å². The second-order valence-electron chi connectivity index (χ2n) is 3.71. The number of aromatic nitrogens is 1. The fourth-order valence-corrected chi connectivity index (χ4v) is 2.86. The Labute approximate surface area is 94.1 Å². The Morgan fingerprint density at radius 1 is 1.13 bits per heavy atom. The van der Waals surface area contributed by atoms with E-state index in [9.17, 15) is 0 Å². The van der Waals surface area contributed by atoms with Crippen molar-refractivity contribution in [2.45, 2.75) is 20.8 Å². The van der Waals surface area contributed by atoms with Crippen LogP contribution in [0.15, 0.2) is 18.2 Å². The lowest BCUT2D eigenvalue weighted by Crippen LogP contribution is -1.97. The zero-order valence-electron chi connectivity index (χ0n) is 9.50. The Balaban J connectivity index is 2.58. The molecular formula is C12H15NOS. The van der Waals surface area contributed by atoms with Gasteiger partial charge in [-0.25, -0.2) is 0 Å². The molecule has 0 aliphatic rings. The van der Waals surface area contributed by atoms with Crippen LogP contribution in [0, 0.1) is 20.8 Å². The van der Waals surface area contributed by atoms with Gasteiger partial charge in [-0.3, -0.25) is 0 Å². The number of hydrogen-bond donors (Lipinski definition) is 0. The van der Waals surface area contributed by atoms with E-state index in [4.69, 9.17) is 4.74 Å². The van der Waals surface area contributed by atoms with Crippen molar-refractivity contribution in [2.24, 2.45) is 0 Å². The predicted octanol–water partition coefficient (Wildman–Crippen LogP) is 3.47. The number of thiophene rings is 1. The van der Waals surface area contributed by atoms with Gasteiger partial charge in [0.1, 0.15) is 5.00 Å². The van der Waals surface area contributed by atoms with Gasteiger partial charge in [-0.15, -0.1) is 0 Å². The number of rotatable bonds is 2. The van der Waals surface area contributed by atoms with Crippen molar-refractivity contribution in [3.05, 3.63) is 35.2 Å². The second kappa shape index (κ2) is 3.74. The summed E-state index contributed by atoms with van der Waals surface area (Å²) >= 11 is 1.69. The molecule has 80 valence electrons. The quantitative estimate of drug-likeness (QED) is 0.757. The van der Waals surface area contributed by atoms with Crippen molar-refractivity contribution < 1.29 is 4.74 Å². The standard InChI is InChI=1S/C12H15NOS/c1-8-7-11(14-4)15-12(8)13-9(2)5-6-10(13)3/h5-7H,1-4H3. The molecule has 0 fully saturated rings. The highest BCUT2D eigenvalue weighted by atomic mass is 32.1. The van der Waals surface area contributed by atoms with Gasteiger partial charge in [-0.2, -0.15) is 0 Å². The van der Waals surface area contributed by atoms with Crippen LogP contribution in [-0.2, 0) is 0 Å². The van der Waals surface area contributed by atoms with E-state index in [-0.39, 0.29) is 0 Å². The molecule has 0 N–H and O–H groups in total. The average molecular weight is 221 g/mol. The molecule has 0 aromatic carbocycles. The van der Waals surface area contributed by atoms with Crippen LogP contribution in [0.1, 0.15) is 17.0 Å². The minimum Gasteiger partial charge on any atom is -0.487 e. The number of aryl methyl sites for hydroxylation is 3. The first-order valence-corrected chi connectivity index (χ1v) is 5.75. The maximum Gasteiger partial charge on any atom is 0.175 e.